The Morgan fingerprint density at radius 1 is 1.07 bits per heavy atom. The number of pyridine rings is 1. The number of rotatable bonds is 7. The molecule has 2 unspecified atom stereocenters. The molecule has 0 spiro atoms. The van der Waals surface area contributed by atoms with Gasteiger partial charge in [0.05, 0.1) is 6.04 Å². The van der Waals surface area contributed by atoms with Crippen LogP contribution >= 0.6 is 0 Å². The second-order valence-electron chi connectivity index (χ2n) is 11.0. The minimum absolute atomic E-state index is 0.102. The predicted molar refractivity (Wildman–Crippen MR) is 157 cm³/mol. The standard InChI is InChI=1S/C30H29F2N9O3/c1-39-37-26(36-38-39)25(18-5-3-2-4-6-18)40-11-13-41(14-12-40)29(43)23-15-19(9-10-33-23)28-35-22-16-20(7-8-24(22)44-28)34-27(42)21-17-30(21,31)32/h2-10,15-16,21,25,38H,11-14,17H2,1H3,(H,34,42)(H,36,37). The largest absolute Gasteiger partial charge is 0.436 e. The number of hydrazine groups is 2. The molecule has 0 bridgehead atoms. The van der Waals surface area contributed by atoms with Crippen LogP contribution < -0.4 is 16.3 Å². The number of hydrogen-bond donors (Lipinski definition) is 3. The number of aromatic nitrogens is 2. The number of carbonyl (C=O) groups excluding carboxylic acids is 2. The van der Waals surface area contributed by atoms with E-state index in [4.69, 9.17) is 4.42 Å². The molecule has 2 aliphatic heterocycles. The minimum atomic E-state index is -2.94. The van der Waals surface area contributed by atoms with Crippen LogP contribution in [0, 0.1) is 5.92 Å². The van der Waals surface area contributed by atoms with Crippen molar-refractivity contribution in [3.8, 4) is 11.5 Å². The molecule has 4 heterocycles. The third-order valence-electron chi connectivity index (χ3n) is 7.97. The topological polar surface area (TPSA) is 131 Å². The van der Waals surface area contributed by atoms with Gasteiger partial charge in [-0.3, -0.25) is 24.9 Å². The fraction of sp³-hybridized carbons (Fsp3) is 0.300. The Labute approximate surface area is 250 Å². The van der Waals surface area contributed by atoms with Gasteiger partial charge in [0.1, 0.15) is 17.1 Å². The first-order valence-corrected chi connectivity index (χ1v) is 14.2. The normalized spacial score (nSPS) is 20.5. The van der Waals surface area contributed by atoms with Crippen LogP contribution in [0.15, 0.2) is 76.4 Å². The van der Waals surface area contributed by atoms with Crippen LogP contribution in [0.5, 0.6) is 0 Å². The number of nitrogens with zero attached hydrogens (tertiary/aromatic N) is 6. The molecule has 1 aliphatic carbocycles. The summed E-state index contributed by atoms with van der Waals surface area (Å²) in [6.45, 7) is 2.29. The molecule has 0 radical (unpaired) electrons. The van der Waals surface area contributed by atoms with E-state index in [2.05, 4.69) is 48.4 Å². The van der Waals surface area contributed by atoms with Crippen molar-refractivity contribution in [3.05, 3.63) is 78.1 Å². The second kappa shape index (κ2) is 11.0. The van der Waals surface area contributed by atoms with Gasteiger partial charge in [0.25, 0.3) is 11.8 Å². The first-order valence-electron chi connectivity index (χ1n) is 14.2. The molecule has 7 rings (SSSR count). The smallest absolute Gasteiger partial charge is 0.272 e. The lowest BCUT2D eigenvalue weighted by Crippen LogP contribution is -2.52. The number of carbonyl (C=O) groups is 2. The summed E-state index contributed by atoms with van der Waals surface area (Å²) in [5.74, 6) is -4.11. The molecule has 2 amide bonds. The molecule has 2 aromatic heterocycles. The number of amidine groups is 1. The molecule has 1 saturated carbocycles. The molecule has 2 fully saturated rings. The average Bonchev–Trinajstić information content (AvgIpc) is 3.32. The highest BCUT2D eigenvalue weighted by Gasteiger charge is 2.61. The van der Waals surface area contributed by atoms with Crippen molar-refractivity contribution in [2.45, 2.75) is 18.4 Å². The van der Waals surface area contributed by atoms with Gasteiger partial charge in [0.15, 0.2) is 11.4 Å². The molecule has 2 atom stereocenters. The van der Waals surface area contributed by atoms with Crippen molar-refractivity contribution in [1.82, 2.24) is 35.8 Å². The molecular weight excluding hydrogens is 572 g/mol. The summed E-state index contributed by atoms with van der Waals surface area (Å²) in [5.41, 5.74) is 9.32. The molecule has 4 aromatic rings. The Hall–Kier alpha value is -4.95. The number of hydrogen-bond acceptors (Lipinski definition) is 10. The number of halogens is 2. The molecule has 3 aliphatic rings. The van der Waals surface area contributed by atoms with Crippen LogP contribution in [0.3, 0.4) is 0 Å². The Kier molecular flexibility index (Phi) is 6.94. The van der Waals surface area contributed by atoms with Gasteiger partial charge < -0.3 is 14.6 Å². The van der Waals surface area contributed by atoms with E-state index < -0.39 is 24.2 Å². The van der Waals surface area contributed by atoms with Crippen molar-refractivity contribution in [2.75, 3.05) is 38.5 Å². The first kappa shape index (κ1) is 27.9. The maximum absolute atomic E-state index is 13.5. The molecule has 14 heteroatoms. The summed E-state index contributed by atoms with van der Waals surface area (Å²) >= 11 is 0. The van der Waals surface area contributed by atoms with Crippen molar-refractivity contribution >= 4 is 34.4 Å². The van der Waals surface area contributed by atoms with E-state index in [9.17, 15) is 18.4 Å². The van der Waals surface area contributed by atoms with Gasteiger partial charge in [-0.2, -0.15) is 0 Å². The number of fused-ring (bicyclic) bond motifs is 1. The van der Waals surface area contributed by atoms with Crippen molar-refractivity contribution in [2.24, 2.45) is 11.0 Å². The van der Waals surface area contributed by atoms with Crippen LogP contribution in [-0.4, -0.2) is 81.7 Å². The zero-order valence-electron chi connectivity index (χ0n) is 23.7. The van der Waals surface area contributed by atoms with Crippen molar-refractivity contribution in [1.29, 1.82) is 0 Å². The summed E-state index contributed by atoms with van der Waals surface area (Å²) in [4.78, 5) is 38.5. The van der Waals surface area contributed by atoms with Gasteiger partial charge in [-0.1, -0.05) is 30.3 Å². The van der Waals surface area contributed by atoms with Gasteiger partial charge in [0, 0.05) is 57.1 Å². The number of nitrogens with one attached hydrogen (secondary N) is 3. The maximum atomic E-state index is 13.5. The van der Waals surface area contributed by atoms with Gasteiger partial charge in [0.2, 0.25) is 11.8 Å². The van der Waals surface area contributed by atoms with Crippen LogP contribution in [0.25, 0.3) is 22.6 Å². The van der Waals surface area contributed by atoms with Gasteiger partial charge >= 0.3 is 0 Å². The summed E-state index contributed by atoms with van der Waals surface area (Å²) < 4.78 is 32.4. The predicted octanol–water partition coefficient (Wildman–Crippen LogP) is 3.25. The Morgan fingerprint density at radius 2 is 1.84 bits per heavy atom. The zero-order chi connectivity index (χ0) is 30.4. The van der Waals surface area contributed by atoms with E-state index in [0.29, 0.717) is 48.5 Å². The van der Waals surface area contributed by atoms with E-state index in [1.165, 1.54) is 6.20 Å². The van der Waals surface area contributed by atoms with E-state index in [0.717, 1.165) is 11.4 Å². The Balaban J connectivity index is 1.03. The summed E-state index contributed by atoms with van der Waals surface area (Å²) in [6, 6.07) is 18.1. The second-order valence-corrected chi connectivity index (χ2v) is 11.0. The number of amides is 2. The highest BCUT2D eigenvalue weighted by Crippen LogP contribution is 2.49. The lowest BCUT2D eigenvalue weighted by Gasteiger charge is -2.39. The fourth-order valence-corrected chi connectivity index (χ4v) is 5.53. The van der Waals surface area contributed by atoms with E-state index in [-0.39, 0.29) is 23.5 Å². The fourth-order valence-electron chi connectivity index (χ4n) is 5.53. The Morgan fingerprint density at radius 3 is 2.55 bits per heavy atom. The summed E-state index contributed by atoms with van der Waals surface area (Å²) in [7, 11) is 1.84. The van der Waals surface area contributed by atoms with Crippen LogP contribution in [0.4, 0.5) is 14.5 Å². The van der Waals surface area contributed by atoms with E-state index in [1.54, 1.807) is 40.3 Å². The van der Waals surface area contributed by atoms with Gasteiger partial charge in [-0.25, -0.2) is 19.3 Å². The molecule has 12 nitrogen and oxygen atoms in total. The average molecular weight is 602 g/mol. The van der Waals surface area contributed by atoms with Crippen LogP contribution in [0.2, 0.25) is 0 Å². The van der Waals surface area contributed by atoms with Crippen molar-refractivity contribution in [3.63, 3.8) is 0 Å². The molecule has 2 aromatic carbocycles. The summed E-state index contributed by atoms with van der Waals surface area (Å²) in [5, 5.41) is 8.65. The van der Waals surface area contributed by atoms with E-state index >= 15 is 0 Å². The third-order valence-corrected chi connectivity index (χ3v) is 7.97. The number of alkyl halides is 2. The number of hydrazone groups is 1. The highest BCUT2D eigenvalue weighted by atomic mass is 19.3. The minimum Gasteiger partial charge on any atom is -0.436 e. The van der Waals surface area contributed by atoms with Crippen LogP contribution in [-0.2, 0) is 4.79 Å². The number of oxazole rings is 1. The first-order chi connectivity index (χ1) is 21.2. The zero-order valence-corrected chi connectivity index (χ0v) is 23.7. The number of piperazine rings is 1. The van der Waals surface area contributed by atoms with Gasteiger partial charge in [-0.05, 0) is 35.9 Å². The number of anilines is 1. The monoisotopic (exact) mass is 601 g/mol. The maximum Gasteiger partial charge on any atom is 0.272 e. The lowest BCUT2D eigenvalue weighted by atomic mass is 10.0. The SMILES string of the molecule is CN1NN=C(C(c2ccccc2)N2CCN(C(=O)c3cc(-c4nc5cc(NC(=O)C6CC6(F)F)ccc5o4)ccn3)CC2)N1. The molecule has 226 valence electrons. The third kappa shape index (κ3) is 5.44. The van der Waals surface area contributed by atoms with Gasteiger partial charge in [-0.15, -0.1) is 10.2 Å². The quantitative estimate of drug-likeness (QED) is 0.292. The van der Waals surface area contributed by atoms with Crippen LogP contribution in [0.1, 0.15) is 28.5 Å². The van der Waals surface area contributed by atoms with E-state index in [1.807, 2.05) is 25.2 Å². The highest BCUT2D eigenvalue weighted by molar-refractivity contribution is 5.97. The lowest BCUT2D eigenvalue weighted by molar-refractivity contribution is -0.119. The Bertz CT molecular complexity index is 1760. The molecule has 44 heavy (non-hydrogen) atoms. The van der Waals surface area contributed by atoms with Crippen molar-refractivity contribution < 1.29 is 22.8 Å². The molecule has 1 saturated heterocycles. The summed E-state index contributed by atoms with van der Waals surface area (Å²) in [6.07, 6.45) is 1.10. The molecular formula is C30H29F2N9O3. The number of benzene rings is 2. The molecule has 3 N–H and O–H groups in total.